The lowest BCUT2D eigenvalue weighted by Gasteiger charge is -2.22. The Balaban J connectivity index is 2.38. The van der Waals surface area contributed by atoms with E-state index in [-0.39, 0.29) is 12.2 Å². The molecule has 2 aliphatic rings. The van der Waals surface area contributed by atoms with Crippen molar-refractivity contribution in [2.24, 2.45) is 11.8 Å². The third-order valence-electron chi connectivity index (χ3n) is 4.06. The first kappa shape index (κ1) is 18.3. The maximum Gasteiger partial charge on any atom is 0.338 e. The Kier molecular flexibility index (Phi) is 5.52. The predicted molar refractivity (Wildman–Crippen MR) is 73.7 cm³/mol. The van der Waals surface area contributed by atoms with Crippen LogP contribution < -0.4 is 0 Å². The van der Waals surface area contributed by atoms with Gasteiger partial charge in [0.2, 0.25) is 0 Å². The van der Waals surface area contributed by atoms with Crippen molar-refractivity contribution in [1.82, 2.24) is 5.23 Å². The Bertz CT molecular complexity index is 548. The third kappa shape index (κ3) is 3.12. The van der Waals surface area contributed by atoms with Crippen molar-refractivity contribution in [3.63, 3.8) is 0 Å². The number of esters is 3. The zero-order valence-corrected chi connectivity index (χ0v) is 13.7. The maximum atomic E-state index is 12.2. The quantitative estimate of drug-likeness (QED) is 0.454. The highest BCUT2D eigenvalue weighted by Crippen LogP contribution is 2.43. The van der Waals surface area contributed by atoms with Gasteiger partial charge in [0.1, 0.15) is 11.7 Å². The molecule has 2 rings (SSSR count). The van der Waals surface area contributed by atoms with E-state index < -0.39 is 48.0 Å². The van der Waals surface area contributed by atoms with E-state index in [1.165, 1.54) is 14.0 Å². The fraction of sp³-hybridized carbons (Fsp3) is 0.714. The van der Waals surface area contributed by atoms with Gasteiger partial charge in [-0.15, -0.1) is 0 Å². The van der Waals surface area contributed by atoms with Gasteiger partial charge in [0.15, 0.2) is 12.2 Å². The average Bonchev–Trinajstić information content (AvgIpc) is 3.09. The Morgan fingerprint density at radius 2 is 1.38 bits per heavy atom. The number of nitrogens with zero attached hydrogens (tertiary/aromatic N) is 1. The minimum absolute atomic E-state index is 0.0638. The zero-order chi connectivity index (χ0) is 18.0. The van der Waals surface area contributed by atoms with Crippen LogP contribution in [0.15, 0.2) is 0 Å². The first-order valence-electron chi connectivity index (χ1n) is 7.21. The van der Waals surface area contributed by atoms with Crippen LogP contribution in [0.25, 0.3) is 0 Å². The molecular weight excluding hydrogens is 326 g/mol. The van der Waals surface area contributed by atoms with Crippen LogP contribution in [-0.4, -0.2) is 68.5 Å². The van der Waals surface area contributed by atoms with Gasteiger partial charge in [0.05, 0.1) is 27.4 Å². The lowest BCUT2D eigenvalue weighted by molar-refractivity contribution is -0.350. The van der Waals surface area contributed by atoms with Gasteiger partial charge in [0.25, 0.3) is 0 Å². The number of rotatable bonds is 5. The average molecular weight is 345 g/mol. The summed E-state index contributed by atoms with van der Waals surface area (Å²) >= 11 is 0. The number of hydrogen-bond acceptors (Lipinski definition) is 10. The minimum atomic E-state index is -1.29. The number of carbonyl (C=O) groups excluding carboxylic acids is 4. The van der Waals surface area contributed by atoms with Gasteiger partial charge in [-0.3, -0.25) is 14.5 Å². The molecule has 0 bridgehead atoms. The second-order valence-corrected chi connectivity index (χ2v) is 5.49. The monoisotopic (exact) mass is 345 g/mol. The molecule has 0 saturated carbocycles. The number of hydrogen-bond donors (Lipinski definition) is 0. The standard InChI is InChI=1S/C14H19NO9/c1-6(16)5-7-9-8(12(17)20-2)11(14(19)22-4)24-15(9)23-10(7)13(18)21-3/h7-11H,5H2,1-4H3/t7-,8+,9-,10-,11+/m1/s1. The number of Topliss-reactive ketones (excluding diaryl/α,β-unsaturated/α-hetero) is 1. The Hall–Kier alpha value is -2.04. The van der Waals surface area contributed by atoms with Crippen LogP contribution in [0.2, 0.25) is 0 Å². The van der Waals surface area contributed by atoms with Crippen molar-refractivity contribution in [1.29, 1.82) is 0 Å². The maximum absolute atomic E-state index is 12.2. The molecule has 0 unspecified atom stereocenters. The van der Waals surface area contributed by atoms with Crippen LogP contribution in [0.5, 0.6) is 0 Å². The molecule has 24 heavy (non-hydrogen) atoms. The number of carbonyl (C=O) groups is 4. The Labute approximate surface area is 137 Å². The van der Waals surface area contributed by atoms with Crippen LogP contribution in [0.3, 0.4) is 0 Å². The van der Waals surface area contributed by atoms with Crippen molar-refractivity contribution >= 4 is 23.7 Å². The molecule has 0 amide bonds. The molecule has 10 heteroatoms. The smallest absolute Gasteiger partial charge is 0.338 e. The molecule has 0 aliphatic carbocycles. The molecule has 10 nitrogen and oxygen atoms in total. The van der Waals surface area contributed by atoms with E-state index in [2.05, 4.69) is 9.47 Å². The zero-order valence-electron chi connectivity index (χ0n) is 13.7. The summed E-state index contributed by atoms with van der Waals surface area (Å²) in [4.78, 5) is 58.2. The highest BCUT2D eigenvalue weighted by Gasteiger charge is 2.63. The van der Waals surface area contributed by atoms with Crippen LogP contribution in [0, 0.1) is 11.8 Å². The van der Waals surface area contributed by atoms with Crippen molar-refractivity contribution in [2.75, 3.05) is 21.3 Å². The summed E-state index contributed by atoms with van der Waals surface area (Å²) in [5, 5.41) is 0.901. The summed E-state index contributed by atoms with van der Waals surface area (Å²) < 4.78 is 14.0. The van der Waals surface area contributed by atoms with E-state index in [4.69, 9.17) is 14.4 Å². The van der Waals surface area contributed by atoms with Crippen molar-refractivity contribution < 1.29 is 43.1 Å². The van der Waals surface area contributed by atoms with E-state index in [1.807, 2.05) is 0 Å². The van der Waals surface area contributed by atoms with E-state index in [1.54, 1.807) is 0 Å². The highest BCUT2D eigenvalue weighted by atomic mass is 17.0. The molecule has 2 aliphatic heterocycles. The molecule has 2 heterocycles. The van der Waals surface area contributed by atoms with Crippen molar-refractivity contribution in [2.45, 2.75) is 31.6 Å². The van der Waals surface area contributed by atoms with Gasteiger partial charge in [-0.2, -0.15) is 0 Å². The topological polar surface area (TPSA) is 118 Å². The van der Waals surface area contributed by atoms with Gasteiger partial charge in [-0.25, -0.2) is 9.59 Å². The lowest BCUT2D eigenvalue weighted by atomic mass is 9.81. The highest BCUT2D eigenvalue weighted by molar-refractivity contribution is 5.86. The van der Waals surface area contributed by atoms with Crippen molar-refractivity contribution in [3.8, 4) is 0 Å². The van der Waals surface area contributed by atoms with E-state index in [0.29, 0.717) is 0 Å². The predicted octanol–water partition coefficient (Wildman–Crippen LogP) is -0.985. The van der Waals surface area contributed by atoms with Crippen LogP contribution in [0.4, 0.5) is 0 Å². The number of ether oxygens (including phenoxy) is 3. The Morgan fingerprint density at radius 1 is 0.875 bits per heavy atom. The Morgan fingerprint density at radius 3 is 1.88 bits per heavy atom. The molecule has 0 N–H and O–H groups in total. The first-order chi connectivity index (χ1) is 11.3. The molecule has 0 radical (unpaired) electrons. The molecule has 5 atom stereocenters. The summed E-state index contributed by atoms with van der Waals surface area (Å²) in [5.41, 5.74) is 0. The van der Waals surface area contributed by atoms with Gasteiger partial charge < -0.3 is 19.0 Å². The second kappa shape index (κ2) is 7.24. The molecule has 0 aromatic carbocycles. The number of methoxy groups -OCH3 is 3. The van der Waals surface area contributed by atoms with Gasteiger partial charge >= 0.3 is 17.9 Å². The SMILES string of the molecule is COC(=O)[C@H]1[C@H]2[C@@H](CC(C)=O)[C@H](C(=O)OC)ON2O[C@@H]1C(=O)OC. The van der Waals surface area contributed by atoms with Gasteiger partial charge in [0, 0.05) is 12.3 Å². The third-order valence-corrected chi connectivity index (χ3v) is 4.06. The van der Waals surface area contributed by atoms with Crippen LogP contribution >= 0.6 is 0 Å². The fourth-order valence-corrected chi connectivity index (χ4v) is 3.04. The van der Waals surface area contributed by atoms with Crippen molar-refractivity contribution in [3.05, 3.63) is 0 Å². The number of hydroxylamine groups is 2. The largest absolute Gasteiger partial charge is 0.469 e. The molecular formula is C14H19NO9. The molecule has 0 spiro atoms. The molecule has 2 saturated heterocycles. The number of fused-ring (bicyclic) bond motifs is 1. The molecule has 134 valence electrons. The summed E-state index contributed by atoms with van der Waals surface area (Å²) in [6.07, 6.45) is -2.48. The molecule has 0 aromatic heterocycles. The van der Waals surface area contributed by atoms with Crippen LogP contribution in [0.1, 0.15) is 13.3 Å². The van der Waals surface area contributed by atoms with E-state index >= 15 is 0 Å². The van der Waals surface area contributed by atoms with E-state index in [9.17, 15) is 19.2 Å². The summed E-state index contributed by atoms with van der Waals surface area (Å²) in [5.74, 6) is -4.31. The first-order valence-corrected chi connectivity index (χ1v) is 7.21. The van der Waals surface area contributed by atoms with E-state index in [0.717, 1.165) is 19.4 Å². The normalized spacial score (nSPS) is 32.1. The van der Waals surface area contributed by atoms with Crippen LogP contribution in [-0.2, 0) is 43.1 Å². The summed E-state index contributed by atoms with van der Waals surface area (Å²) in [7, 11) is 3.48. The molecule has 2 fully saturated rings. The summed E-state index contributed by atoms with van der Waals surface area (Å²) in [6, 6.07) is -0.866. The van der Waals surface area contributed by atoms with Gasteiger partial charge in [-0.1, -0.05) is 5.23 Å². The second-order valence-electron chi connectivity index (χ2n) is 5.49. The number of ketones is 1. The lowest BCUT2D eigenvalue weighted by Crippen LogP contribution is -2.44. The fourth-order valence-electron chi connectivity index (χ4n) is 3.04. The summed E-state index contributed by atoms with van der Waals surface area (Å²) in [6.45, 7) is 1.34. The minimum Gasteiger partial charge on any atom is -0.469 e. The van der Waals surface area contributed by atoms with Gasteiger partial charge in [-0.05, 0) is 6.92 Å². The molecule has 0 aromatic rings.